The molecule has 0 fully saturated rings. The summed E-state index contributed by atoms with van der Waals surface area (Å²) in [6, 6.07) is 17.2. The average molecular weight is 457 g/mol. The number of carbonyl (C=O) groups excluding carboxylic acids is 1. The molecule has 2 heterocycles. The fourth-order valence-corrected chi connectivity index (χ4v) is 3.66. The van der Waals surface area contributed by atoms with Crippen molar-refractivity contribution < 1.29 is 22.7 Å². The number of hydrogen-bond acceptors (Lipinski definition) is 4. The van der Waals surface area contributed by atoms with Crippen molar-refractivity contribution in [3.05, 3.63) is 78.0 Å². The summed E-state index contributed by atoms with van der Waals surface area (Å²) in [6.45, 7) is 0.352. The molecule has 5 nitrogen and oxygen atoms in total. The summed E-state index contributed by atoms with van der Waals surface area (Å²) in [5.74, 6) is -0.0114. The quantitative estimate of drug-likeness (QED) is 0.404. The van der Waals surface area contributed by atoms with Crippen LogP contribution in [0.15, 0.2) is 71.9 Å². The largest absolute Gasteiger partial charge is 0.484 e. The van der Waals surface area contributed by atoms with Crippen molar-refractivity contribution in [3.8, 4) is 17.0 Å². The van der Waals surface area contributed by atoms with E-state index >= 15 is 0 Å². The number of benzene rings is 2. The van der Waals surface area contributed by atoms with Gasteiger partial charge in [0, 0.05) is 29.2 Å². The lowest BCUT2D eigenvalue weighted by atomic mass is 10.1. The van der Waals surface area contributed by atoms with Gasteiger partial charge in [-0.15, -0.1) is 12.6 Å². The van der Waals surface area contributed by atoms with Gasteiger partial charge in [-0.05, 0) is 42.0 Å². The summed E-state index contributed by atoms with van der Waals surface area (Å²) in [5.41, 5.74) is 7.45. The second kappa shape index (κ2) is 8.58. The lowest BCUT2D eigenvalue weighted by Crippen LogP contribution is -2.19. The number of pyridine rings is 1. The summed E-state index contributed by atoms with van der Waals surface area (Å²) < 4.78 is 45.5. The number of primary amides is 1. The Morgan fingerprint density at radius 2 is 1.81 bits per heavy atom. The lowest BCUT2D eigenvalue weighted by Gasteiger charge is -2.10. The number of hydrogen-bond donors (Lipinski definition) is 2. The molecule has 2 N–H and O–H groups in total. The van der Waals surface area contributed by atoms with E-state index in [9.17, 15) is 18.0 Å². The highest BCUT2D eigenvalue weighted by Gasteiger charge is 2.30. The Morgan fingerprint density at radius 3 is 2.44 bits per heavy atom. The number of aromatic nitrogens is 2. The molecule has 2 aromatic carbocycles. The van der Waals surface area contributed by atoms with E-state index < -0.39 is 17.6 Å². The average Bonchev–Trinajstić information content (AvgIpc) is 3.06. The summed E-state index contributed by atoms with van der Waals surface area (Å²) in [5, 5.41) is 1.66. The standard InChI is InChI=1S/C23H18F3N3O2S/c24-23(25,26)17-5-7-19(28-11-17)15-3-1-14(2-4-15)12-29-20-8-6-18(31-13-21(27)30)9-16(20)10-22(29)32/h1-11,32H,12-13H2,(H2,27,30). The Bertz CT molecular complexity index is 1270. The number of carbonyl (C=O) groups is 1. The number of halogens is 3. The zero-order chi connectivity index (χ0) is 22.9. The minimum absolute atomic E-state index is 0.194. The van der Waals surface area contributed by atoms with Crippen LogP contribution in [-0.2, 0) is 17.5 Å². The maximum absolute atomic E-state index is 12.7. The fraction of sp³-hybridized carbons (Fsp3) is 0.130. The van der Waals surface area contributed by atoms with Crippen molar-refractivity contribution >= 4 is 29.4 Å². The highest BCUT2D eigenvalue weighted by atomic mass is 32.1. The van der Waals surface area contributed by atoms with Crippen molar-refractivity contribution in [2.45, 2.75) is 17.7 Å². The van der Waals surface area contributed by atoms with Crippen LogP contribution < -0.4 is 10.5 Å². The van der Waals surface area contributed by atoms with Crippen LogP contribution in [0.1, 0.15) is 11.1 Å². The maximum atomic E-state index is 12.7. The Labute approximate surface area is 187 Å². The van der Waals surface area contributed by atoms with Gasteiger partial charge in [0.2, 0.25) is 0 Å². The van der Waals surface area contributed by atoms with E-state index in [1.165, 1.54) is 6.07 Å². The van der Waals surface area contributed by atoms with Crippen LogP contribution in [0.3, 0.4) is 0 Å². The van der Waals surface area contributed by atoms with Gasteiger partial charge in [-0.25, -0.2) is 0 Å². The van der Waals surface area contributed by atoms with Gasteiger partial charge < -0.3 is 15.0 Å². The SMILES string of the molecule is NC(=O)COc1ccc2c(c1)cc(S)n2Cc1ccc(-c2ccc(C(F)(F)F)cn2)cc1. The Hall–Kier alpha value is -3.46. The van der Waals surface area contributed by atoms with Crippen molar-refractivity contribution in [1.82, 2.24) is 9.55 Å². The number of fused-ring (bicyclic) bond motifs is 1. The zero-order valence-corrected chi connectivity index (χ0v) is 17.5. The molecule has 4 aromatic rings. The van der Waals surface area contributed by atoms with E-state index in [0.29, 0.717) is 18.0 Å². The molecule has 0 spiro atoms. The van der Waals surface area contributed by atoms with Crippen molar-refractivity contribution in [3.63, 3.8) is 0 Å². The highest BCUT2D eigenvalue weighted by Crippen LogP contribution is 2.30. The van der Waals surface area contributed by atoms with Gasteiger partial charge in [0.05, 0.1) is 16.3 Å². The van der Waals surface area contributed by atoms with Crippen LogP contribution in [0.5, 0.6) is 5.75 Å². The molecule has 0 radical (unpaired) electrons. The third-order valence-electron chi connectivity index (χ3n) is 4.91. The molecule has 32 heavy (non-hydrogen) atoms. The van der Waals surface area contributed by atoms with Crippen LogP contribution in [0.4, 0.5) is 13.2 Å². The first-order valence-electron chi connectivity index (χ1n) is 9.56. The Kier molecular flexibility index (Phi) is 5.84. The van der Waals surface area contributed by atoms with Crippen LogP contribution >= 0.6 is 12.6 Å². The first-order valence-corrected chi connectivity index (χ1v) is 10.0. The predicted molar refractivity (Wildman–Crippen MR) is 118 cm³/mol. The molecule has 4 rings (SSSR count). The number of nitrogens with zero attached hydrogens (tertiary/aromatic N) is 2. The van der Waals surface area contributed by atoms with Gasteiger partial charge >= 0.3 is 6.18 Å². The van der Waals surface area contributed by atoms with Gasteiger partial charge in [0.15, 0.2) is 6.61 Å². The van der Waals surface area contributed by atoms with Crippen molar-refractivity contribution in [2.75, 3.05) is 6.61 Å². The molecule has 2 aromatic heterocycles. The lowest BCUT2D eigenvalue weighted by molar-refractivity contribution is -0.137. The minimum Gasteiger partial charge on any atom is -0.484 e. The third kappa shape index (κ3) is 4.72. The molecular formula is C23H18F3N3O2S. The number of amides is 1. The minimum atomic E-state index is -4.41. The monoisotopic (exact) mass is 457 g/mol. The van der Waals surface area contributed by atoms with Gasteiger partial charge in [0.1, 0.15) is 5.75 Å². The normalized spacial score (nSPS) is 11.6. The predicted octanol–water partition coefficient (Wildman–Crippen LogP) is 4.92. The van der Waals surface area contributed by atoms with Crippen LogP contribution in [0.25, 0.3) is 22.2 Å². The highest BCUT2D eigenvalue weighted by molar-refractivity contribution is 7.80. The van der Waals surface area contributed by atoms with Crippen LogP contribution in [-0.4, -0.2) is 22.1 Å². The molecule has 0 bridgehead atoms. The van der Waals surface area contributed by atoms with Crippen LogP contribution in [0, 0.1) is 0 Å². The number of nitrogens with two attached hydrogens (primary N) is 1. The topological polar surface area (TPSA) is 70.1 Å². The van der Waals surface area contributed by atoms with Crippen molar-refractivity contribution in [2.24, 2.45) is 5.73 Å². The van der Waals surface area contributed by atoms with E-state index in [2.05, 4.69) is 17.6 Å². The number of alkyl halides is 3. The number of ether oxygens (including phenoxy) is 1. The zero-order valence-electron chi connectivity index (χ0n) is 16.6. The smallest absolute Gasteiger partial charge is 0.417 e. The first-order chi connectivity index (χ1) is 15.2. The molecule has 0 unspecified atom stereocenters. The van der Waals surface area contributed by atoms with E-state index in [1.807, 2.05) is 47.0 Å². The summed E-state index contributed by atoms with van der Waals surface area (Å²) in [6.07, 6.45) is -3.57. The molecule has 9 heteroatoms. The summed E-state index contributed by atoms with van der Waals surface area (Å²) in [7, 11) is 0. The van der Waals surface area contributed by atoms with Gasteiger partial charge in [-0.3, -0.25) is 9.78 Å². The van der Waals surface area contributed by atoms with E-state index in [4.69, 9.17) is 10.5 Å². The third-order valence-corrected chi connectivity index (χ3v) is 5.28. The molecule has 0 atom stereocenters. The second-order valence-corrected chi connectivity index (χ2v) is 7.65. The molecule has 0 aliphatic rings. The second-order valence-electron chi connectivity index (χ2n) is 7.19. The number of thiol groups is 1. The van der Waals surface area contributed by atoms with Gasteiger partial charge in [-0.2, -0.15) is 13.2 Å². The Morgan fingerprint density at radius 1 is 1.06 bits per heavy atom. The van der Waals surface area contributed by atoms with E-state index in [1.54, 1.807) is 6.07 Å². The summed E-state index contributed by atoms with van der Waals surface area (Å²) >= 11 is 4.56. The van der Waals surface area contributed by atoms with Crippen molar-refractivity contribution in [1.29, 1.82) is 0 Å². The van der Waals surface area contributed by atoms with Gasteiger partial charge in [0.25, 0.3) is 5.91 Å². The van der Waals surface area contributed by atoms with E-state index in [-0.39, 0.29) is 6.61 Å². The molecular weight excluding hydrogens is 439 g/mol. The number of rotatable bonds is 6. The van der Waals surface area contributed by atoms with Gasteiger partial charge in [-0.1, -0.05) is 24.3 Å². The van der Waals surface area contributed by atoms with Crippen LogP contribution in [0.2, 0.25) is 0 Å². The molecule has 1 amide bonds. The summed E-state index contributed by atoms with van der Waals surface area (Å²) in [4.78, 5) is 14.8. The van der Waals surface area contributed by atoms with E-state index in [0.717, 1.165) is 39.3 Å². The maximum Gasteiger partial charge on any atom is 0.417 e. The Balaban J connectivity index is 1.53. The molecule has 0 saturated carbocycles. The fourth-order valence-electron chi connectivity index (χ4n) is 3.34. The molecule has 0 saturated heterocycles. The molecule has 0 aliphatic heterocycles. The molecule has 0 aliphatic carbocycles. The first kappa shape index (κ1) is 21.8. The molecule has 164 valence electrons.